The van der Waals surface area contributed by atoms with Crippen LogP contribution in [0.1, 0.15) is 12.0 Å². The Morgan fingerprint density at radius 1 is 1.04 bits per heavy atom. The second kappa shape index (κ2) is 6.99. The lowest BCUT2D eigenvalue weighted by atomic mass is 9.97. The van der Waals surface area contributed by atoms with E-state index in [1.165, 1.54) is 4.90 Å². The SMILES string of the molecule is COC(=O)C1=C(C(=O)OC)[C@@H]2CC(=O)N2[C@H]1C(=O)OCc1ccccc1. The number of esters is 3. The molecule has 8 heteroatoms. The van der Waals surface area contributed by atoms with Crippen LogP contribution in [0.25, 0.3) is 0 Å². The van der Waals surface area contributed by atoms with E-state index in [-0.39, 0.29) is 30.1 Å². The number of carbonyl (C=O) groups is 4. The van der Waals surface area contributed by atoms with Crippen LogP contribution in [0, 0.1) is 0 Å². The molecular formula is C18H17NO7. The molecule has 0 spiro atoms. The molecule has 2 aliphatic rings. The topological polar surface area (TPSA) is 99.2 Å². The van der Waals surface area contributed by atoms with Crippen LogP contribution in [-0.2, 0) is 40.0 Å². The van der Waals surface area contributed by atoms with E-state index in [0.717, 1.165) is 19.8 Å². The summed E-state index contributed by atoms with van der Waals surface area (Å²) in [5, 5.41) is 0. The average molecular weight is 359 g/mol. The summed E-state index contributed by atoms with van der Waals surface area (Å²) in [7, 11) is 2.30. The smallest absolute Gasteiger partial charge is 0.337 e. The van der Waals surface area contributed by atoms with Gasteiger partial charge in [0, 0.05) is 0 Å². The summed E-state index contributed by atoms with van der Waals surface area (Å²) in [4.78, 5) is 50.1. The molecule has 2 heterocycles. The average Bonchev–Trinajstić information content (AvgIpc) is 2.94. The van der Waals surface area contributed by atoms with Crippen molar-refractivity contribution >= 4 is 23.8 Å². The molecule has 3 rings (SSSR count). The lowest BCUT2D eigenvalue weighted by Crippen LogP contribution is -2.57. The minimum absolute atomic E-state index is 0.0212. The van der Waals surface area contributed by atoms with Crippen molar-refractivity contribution in [3.8, 4) is 0 Å². The van der Waals surface area contributed by atoms with Crippen LogP contribution in [0.15, 0.2) is 41.5 Å². The molecule has 1 amide bonds. The predicted molar refractivity (Wildman–Crippen MR) is 86.3 cm³/mol. The number of ether oxygens (including phenoxy) is 3. The third-order valence-electron chi connectivity index (χ3n) is 4.42. The van der Waals surface area contributed by atoms with Gasteiger partial charge in [-0.1, -0.05) is 30.3 Å². The zero-order chi connectivity index (χ0) is 18.8. The Bertz CT molecular complexity index is 799. The van der Waals surface area contributed by atoms with E-state index in [1.807, 2.05) is 6.07 Å². The maximum Gasteiger partial charge on any atom is 0.337 e. The molecule has 2 aliphatic heterocycles. The lowest BCUT2D eigenvalue weighted by Gasteiger charge is -2.38. The molecule has 136 valence electrons. The van der Waals surface area contributed by atoms with Crippen molar-refractivity contribution in [2.45, 2.75) is 25.1 Å². The molecule has 0 bridgehead atoms. The number of hydrogen-bond donors (Lipinski definition) is 0. The van der Waals surface area contributed by atoms with Gasteiger partial charge in [0.2, 0.25) is 5.91 Å². The first-order chi connectivity index (χ1) is 12.5. The standard InChI is InChI=1S/C18H17NO7/c1-24-16(21)13-11-8-12(20)19(11)15(14(13)17(22)25-2)18(23)26-9-10-6-4-3-5-7-10/h3-7,11,15H,8-9H2,1-2H3/t11-,15+/m0/s1. The van der Waals surface area contributed by atoms with E-state index in [0.29, 0.717) is 0 Å². The van der Waals surface area contributed by atoms with E-state index in [2.05, 4.69) is 0 Å². The second-order valence-corrected chi connectivity index (χ2v) is 5.83. The second-order valence-electron chi connectivity index (χ2n) is 5.83. The normalized spacial score (nSPS) is 21.0. The molecule has 0 aromatic heterocycles. The van der Waals surface area contributed by atoms with Gasteiger partial charge >= 0.3 is 17.9 Å². The minimum Gasteiger partial charge on any atom is -0.466 e. The highest BCUT2D eigenvalue weighted by atomic mass is 16.5. The fraction of sp³-hybridized carbons (Fsp3) is 0.333. The number of methoxy groups -OCH3 is 2. The quantitative estimate of drug-likeness (QED) is 0.425. The molecule has 1 fully saturated rings. The zero-order valence-electron chi connectivity index (χ0n) is 14.3. The maximum absolute atomic E-state index is 12.6. The fourth-order valence-corrected chi connectivity index (χ4v) is 3.19. The Kier molecular flexibility index (Phi) is 4.75. The summed E-state index contributed by atoms with van der Waals surface area (Å²) in [6.45, 7) is -0.0229. The Morgan fingerprint density at radius 2 is 1.65 bits per heavy atom. The summed E-state index contributed by atoms with van der Waals surface area (Å²) in [5.74, 6) is -2.79. The number of β-lactam (4-membered cyclic amide) rings is 1. The highest BCUT2D eigenvalue weighted by molar-refractivity contribution is 6.11. The Morgan fingerprint density at radius 3 is 2.23 bits per heavy atom. The van der Waals surface area contributed by atoms with Gasteiger partial charge in [-0.25, -0.2) is 14.4 Å². The highest BCUT2D eigenvalue weighted by Gasteiger charge is 2.58. The third kappa shape index (κ3) is 2.83. The summed E-state index contributed by atoms with van der Waals surface area (Å²) in [6, 6.07) is 6.97. The number of nitrogens with zero attached hydrogens (tertiary/aromatic N) is 1. The van der Waals surface area contributed by atoms with Crippen LogP contribution in [-0.4, -0.2) is 55.0 Å². The van der Waals surface area contributed by atoms with Gasteiger partial charge < -0.3 is 19.1 Å². The molecule has 0 aliphatic carbocycles. The number of fused-ring (bicyclic) bond motifs is 1. The van der Waals surface area contributed by atoms with Gasteiger partial charge in [-0.05, 0) is 5.56 Å². The van der Waals surface area contributed by atoms with Crippen LogP contribution < -0.4 is 0 Å². The van der Waals surface area contributed by atoms with Gasteiger partial charge in [-0.3, -0.25) is 4.79 Å². The van der Waals surface area contributed by atoms with Crippen molar-refractivity contribution in [3.63, 3.8) is 0 Å². The van der Waals surface area contributed by atoms with Gasteiger partial charge in [0.1, 0.15) is 6.61 Å². The molecule has 0 radical (unpaired) electrons. The molecule has 0 N–H and O–H groups in total. The molecule has 0 saturated carbocycles. The molecule has 1 aromatic rings. The fourth-order valence-electron chi connectivity index (χ4n) is 3.19. The summed E-state index contributed by atoms with van der Waals surface area (Å²) < 4.78 is 14.7. The van der Waals surface area contributed by atoms with Crippen LogP contribution >= 0.6 is 0 Å². The van der Waals surface area contributed by atoms with Crippen molar-refractivity contribution in [2.24, 2.45) is 0 Å². The minimum atomic E-state index is -1.31. The van der Waals surface area contributed by atoms with E-state index >= 15 is 0 Å². The summed E-state index contributed by atoms with van der Waals surface area (Å²) in [5.41, 5.74) is 0.524. The molecule has 8 nitrogen and oxygen atoms in total. The molecular weight excluding hydrogens is 342 g/mol. The largest absolute Gasteiger partial charge is 0.466 e. The Hall–Kier alpha value is -3.16. The third-order valence-corrected chi connectivity index (χ3v) is 4.42. The van der Waals surface area contributed by atoms with E-state index in [9.17, 15) is 19.2 Å². The van der Waals surface area contributed by atoms with Crippen molar-refractivity contribution in [2.75, 3.05) is 14.2 Å². The molecule has 0 unspecified atom stereocenters. The molecule has 2 atom stereocenters. The van der Waals surface area contributed by atoms with Gasteiger partial charge in [-0.2, -0.15) is 0 Å². The maximum atomic E-state index is 12.6. The van der Waals surface area contributed by atoms with Crippen LogP contribution in [0.5, 0.6) is 0 Å². The van der Waals surface area contributed by atoms with Crippen LogP contribution in [0.2, 0.25) is 0 Å². The first kappa shape index (κ1) is 17.7. The monoisotopic (exact) mass is 359 g/mol. The van der Waals surface area contributed by atoms with E-state index in [4.69, 9.17) is 14.2 Å². The predicted octanol–water partition coefficient (Wildman–Crippen LogP) is 0.355. The number of amides is 1. The van der Waals surface area contributed by atoms with Gasteiger partial charge in [0.25, 0.3) is 0 Å². The number of rotatable bonds is 5. The first-order valence-electron chi connectivity index (χ1n) is 7.92. The van der Waals surface area contributed by atoms with Gasteiger partial charge in [0.15, 0.2) is 6.04 Å². The van der Waals surface area contributed by atoms with Crippen LogP contribution in [0.3, 0.4) is 0 Å². The van der Waals surface area contributed by atoms with Gasteiger partial charge in [0.05, 0.1) is 37.8 Å². The van der Waals surface area contributed by atoms with Crippen LogP contribution in [0.4, 0.5) is 0 Å². The van der Waals surface area contributed by atoms with Crippen molar-refractivity contribution in [3.05, 3.63) is 47.0 Å². The Balaban J connectivity index is 1.90. The van der Waals surface area contributed by atoms with Crippen molar-refractivity contribution in [1.29, 1.82) is 0 Å². The van der Waals surface area contributed by atoms with Crippen molar-refractivity contribution in [1.82, 2.24) is 4.90 Å². The zero-order valence-corrected chi connectivity index (χ0v) is 14.3. The molecule has 1 aromatic carbocycles. The lowest BCUT2D eigenvalue weighted by molar-refractivity contribution is -0.162. The first-order valence-corrected chi connectivity index (χ1v) is 7.92. The number of carbonyl (C=O) groups excluding carboxylic acids is 4. The highest BCUT2D eigenvalue weighted by Crippen LogP contribution is 2.41. The number of benzene rings is 1. The van der Waals surface area contributed by atoms with E-state index < -0.39 is 30.0 Å². The summed E-state index contributed by atoms with van der Waals surface area (Å²) >= 11 is 0. The van der Waals surface area contributed by atoms with Gasteiger partial charge in [-0.15, -0.1) is 0 Å². The number of hydrogen-bond acceptors (Lipinski definition) is 7. The molecule has 26 heavy (non-hydrogen) atoms. The summed E-state index contributed by atoms with van der Waals surface area (Å²) in [6.07, 6.45) is 0.0212. The molecule has 1 saturated heterocycles. The van der Waals surface area contributed by atoms with E-state index in [1.54, 1.807) is 24.3 Å². The van der Waals surface area contributed by atoms with Crippen molar-refractivity contribution < 1.29 is 33.4 Å². The Labute approximate surface area is 149 Å².